The van der Waals surface area contributed by atoms with Gasteiger partial charge in [-0.05, 0) is 12.1 Å². The van der Waals surface area contributed by atoms with Crippen molar-refractivity contribution in [1.29, 1.82) is 5.26 Å². The molecule has 6 nitrogen and oxygen atoms in total. The molecule has 0 aliphatic carbocycles. The monoisotopic (exact) mass is 264 g/mol. The van der Waals surface area contributed by atoms with E-state index in [2.05, 4.69) is 26.7 Å². The second kappa shape index (κ2) is 5.36. The lowest BCUT2D eigenvalue weighted by Gasteiger charge is -2.08. The molecule has 6 heteroatoms. The molecular formula is C14H12N6. The Morgan fingerprint density at radius 2 is 2.20 bits per heavy atom. The summed E-state index contributed by atoms with van der Waals surface area (Å²) in [7, 11) is 0. The maximum Gasteiger partial charge on any atom is 0.144 e. The number of aromatic nitrogens is 4. The number of anilines is 1. The van der Waals surface area contributed by atoms with Crippen LogP contribution in [0.15, 0.2) is 42.7 Å². The highest BCUT2D eigenvalue weighted by Gasteiger charge is 2.05. The van der Waals surface area contributed by atoms with Gasteiger partial charge in [0, 0.05) is 18.1 Å². The number of nitriles is 1. The van der Waals surface area contributed by atoms with E-state index < -0.39 is 0 Å². The minimum atomic E-state index is 0.544. The van der Waals surface area contributed by atoms with Gasteiger partial charge in [-0.25, -0.2) is 4.98 Å². The number of nitrogens with one attached hydrogen (secondary N) is 1. The first kappa shape index (κ1) is 12.1. The van der Waals surface area contributed by atoms with Gasteiger partial charge in [-0.3, -0.25) is 4.68 Å². The summed E-state index contributed by atoms with van der Waals surface area (Å²) in [5.41, 5.74) is 1.41. The second-order valence-electron chi connectivity index (χ2n) is 4.28. The van der Waals surface area contributed by atoms with Gasteiger partial charge in [0.2, 0.25) is 0 Å². The van der Waals surface area contributed by atoms with Crippen molar-refractivity contribution in [2.75, 3.05) is 11.9 Å². The molecule has 1 aromatic carbocycles. The van der Waals surface area contributed by atoms with Crippen LogP contribution < -0.4 is 5.32 Å². The number of pyridine rings is 1. The topological polar surface area (TPSA) is 79.4 Å². The van der Waals surface area contributed by atoms with Crippen LogP contribution in [0, 0.1) is 11.3 Å². The third-order valence-corrected chi connectivity index (χ3v) is 2.95. The van der Waals surface area contributed by atoms with Crippen LogP contribution in [0.2, 0.25) is 0 Å². The lowest BCUT2D eigenvalue weighted by molar-refractivity contribution is 0.608. The molecule has 2 heterocycles. The third-order valence-electron chi connectivity index (χ3n) is 2.95. The molecule has 3 rings (SSSR count). The van der Waals surface area contributed by atoms with Crippen molar-refractivity contribution in [3.63, 3.8) is 0 Å². The number of hydrogen-bond donors (Lipinski definition) is 1. The van der Waals surface area contributed by atoms with Crippen LogP contribution in [0.25, 0.3) is 10.9 Å². The van der Waals surface area contributed by atoms with Gasteiger partial charge in [0.25, 0.3) is 0 Å². The maximum absolute atomic E-state index is 9.20. The van der Waals surface area contributed by atoms with Crippen LogP contribution in [-0.2, 0) is 6.54 Å². The SMILES string of the molecule is N#Cc1cc2ccccc2nc1NCCn1ccnn1. The van der Waals surface area contributed by atoms with E-state index in [0.717, 1.165) is 10.9 Å². The Hall–Kier alpha value is -2.94. The maximum atomic E-state index is 9.20. The number of rotatable bonds is 4. The van der Waals surface area contributed by atoms with E-state index >= 15 is 0 Å². The van der Waals surface area contributed by atoms with Gasteiger partial charge in [0.1, 0.15) is 11.9 Å². The second-order valence-corrected chi connectivity index (χ2v) is 4.28. The Balaban J connectivity index is 1.81. The highest BCUT2D eigenvalue weighted by molar-refractivity contribution is 5.82. The zero-order valence-corrected chi connectivity index (χ0v) is 10.7. The van der Waals surface area contributed by atoms with Crippen molar-refractivity contribution in [2.45, 2.75) is 6.54 Å². The summed E-state index contributed by atoms with van der Waals surface area (Å²) in [6.07, 6.45) is 3.43. The number of nitrogens with zero attached hydrogens (tertiary/aromatic N) is 5. The predicted octanol–water partition coefficient (Wildman–Crippen LogP) is 1.81. The molecule has 0 atom stereocenters. The van der Waals surface area contributed by atoms with Gasteiger partial charge in [-0.2, -0.15) is 5.26 Å². The van der Waals surface area contributed by atoms with E-state index in [-0.39, 0.29) is 0 Å². The van der Waals surface area contributed by atoms with Crippen molar-refractivity contribution >= 4 is 16.7 Å². The molecule has 2 aromatic heterocycles. The summed E-state index contributed by atoms with van der Waals surface area (Å²) in [5, 5.41) is 21.0. The molecule has 0 aliphatic rings. The van der Waals surface area contributed by atoms with Crippen LogP contribution >= 0.6 is 0 Å². The first-order valence-electron chi connectivity index (χ1n) is 6.25. The van der Waals surface area contributed by atoms with Crippen molar-refractivity contribution in [2.24, 2.45) is 0 Å². The molecule has 0 radical (unpaired) electrons. The summed E-state index contributed by atoms with van der Waals surface area (Å²) < 4.78 is 1.72. The zero-order valence-electron chi connectivity index (χ0n) is 10.7. The number of hydrogen-bond acceptors (Lipinski definition) is 5. The smallest absolute Gasteiger partial charge is 0.144 e. The number of fused-ring (bicyclic) bond motifs is 1. The van der Waals surface area contributed by atoms with E-state index in [1.165, 1.54) is 0 Å². The largest absolute Gasteiger partial charge is 0.367 e. The Bertz CT molecular complexity index is 757. The zero-order chi connectivity index (χ0) is 13.8. The summed E-state index contributed by atoms with van der Waals surface area (Å²) in [6.45, 7) is 1.29. The molecule has 0 saturated heterocycles. The molecule has 0 spiro atoms. The molecule has 0 unspecified atom stereocenters. The Labute approximate surface area is 115 Å². The van der Waals surface area contributed by atoms with Gasteiger partial charge < -0.3 is 5.32 Å². The lowest BCUT2D eigenvalue weighted by atomic mass is 10.1. The predicted molar refractivity (Wildman–Crippen MR) is 75.0 cm³/mol. The van der Waals surface area contributed by atoms with Crippen molar-refractivity contribution < 1.29 is 0 Å². The molecule has 0 bridgehead atoms. The molecule has 1 N–H and O–H groups in total. The molecule has 0 amide bonds. The molecular weight excluding hydrogens is 252 g/mol. The van der Waals surface area contributed by atoms with E-state index in [1.807, 2.05) is 30.3 Å². The fourth-order valence-corrected chi connectivity index (χ4v) is 1.98. The summed E-state index contributed by atoms with van der Waals surface area (Å²) in [5.74, 6) is 0.603. The van der Waals surface area contributed by atoms with Gasteiger partial charge in [-0.1, -0.05) is 23.4 Å². The van der Waals surface area contributed by atoms with Crippen LogP contribution in [0.4, 0.5) is 5.82 Å². The standard InChI is InChI=1S/C14H12N6/c15-10-12-9-11-3-1-2-4-13(11)18-14(12)16-5-7-20-8-6-17-19-20/h1-4,6,8-9H,5,7H2,(H,16,18). The van der Waals surface area contributed by atoms with Crippen molar-refractivity contribution in [3.05, 3.63) is 48.3 Å². The van der Waals surface area contributed by atoms with E-state index in [0.29, 0.717) is 24.5 Å². The first-order chi connectivity index (χ1) is 9.86. The average Bonchev–Trinajstić information content (AvgIpc) is 3.00. The Kier molecular flexibility index (Phi) is 3.25. The summed E-state index contributed by atoms with van der Waals surface area (Å²) in [4.78, 5) is 4.49. The van der Waals surface area contributed by atoms with E-state index in [4.69, 9.17) is 0 Å². The normalized spacial score (nSPS) is 10.3. The average molecular weight is 264 g/mol. The highest BCUT2D eigenvalue weighted by atomic mass is 15.4. The molecule has 98 valence electrons. The highest BCUT2D eigenvalue weighted by Crippen LogP contribution is 2.19. The fourth-order valence-electron chi connectivity index (χ4n) is 1.98. The van der Waals surface area contributed by atoms with Crippen LogP contribution in [-0.4, -0.2) is 26.5 Å². The lowest BCUT2D eigenvalue weighted by Crippen LogP contribution is -2.12. The fraction of sp³-hybridized carbons (Fsp3) is 0.143. The van der Waals surface area contributed by atoms with Crippen LogP contribution in [0.5, 0.6) is 0 Å². The molecule has 0 fully saturated rings. The molecule has 0 saturated carbocycles. The Morgan fingerprint density at radius 3 is 3.00 bits per heavy atom. The number of benzene rings is 1. The van der Waals surface area contributed by atoms with Gasteiger partial charge in [0.05, 0.1) is 23.8 Å². The van der Waals surface area contributed by atoms with E-state index in [1.54, 1.807) is 17.1 Å². The molecule has 0 aliphatic heterocycles. The molecule has 20 heavy (non-hydrogen) atoms. The van der Waals surface area contributed by atoms with Crippen molar-refractivity contribution in [1.82, 2.24) is 20.0 Å². The van der Waals surface area contributed by atoms with E-state index in [9.17, 15) is 5.26 Å². The summed E-state index contributed by atoms with van der Waals surface area (Å²) >= 11 is 0. The van der Waals surface area contributed by atoms with Gasteiger partial charge >= 0.3 is 0 Å². The third kappa shape index (κ3) is 2.42. The minimum Gasteiger partial charge on any atom is -0.367 e. The first-order valence-corrected chi connectivity index (χ1v) is 6.25. The van der Waals surface area contributed by atoms with Crippen molar-refractivity contribution in [3.8, 4) is 6.07 Å². The Morgan fingerprint density at radius 1 is 1.30 bits per heavy atom. The van der Waals surface area contributed by atoms with Crippen LogP contribution in [0.3, 0.4) is 0 Å². The summed E-state index contributed by atoms with van der Waals surface area (Å²) in [6, 6.07) is 11.8. The van der Waals surface area contributed by atoms with Gasteiger partial charge in [-0.15, -0.1) is 5.10 Å². The van der Waals surface area contributed by atoms with Gasteiger partial charge in [0.15, 0.2) is 0 Å². The quantitative estimate of drug-likeness (QED) is 0.777. The van der Waals surface area contributed by atoms with Crippen LogP contribution in [0.1, 0.15) is 5.56 Å². The number of para-hydroxylation sites is 1. The molecule has 3 aromatic rings. The minimum absolute atomic E-state index is 0.544.